The molecule has 0 N–H and O–H groups in total. The van der Waals surface area contributed by atoms with Crippen molar-refractivity contribution in [3.63, 3.8) is 0 Å². The maximum atomic E-state index is 11.8. The van der Waals surface area contributed by atoms with E-state index in [4.69, 9.17) is 0 Å². The molecule has 0 unspecified atom stereocenters. The quantitative estimate of drug-likeness (QED) is 0.550. The van der Waals surface area contributed by atoms with Gasteiger partial charge >= 0.3 is 0 Å². The third-order valence-electron chi connectivity index (χ3n) is 2.40. The maximum Gasteiger partial charge on any atom is 0.256 e. The summed E-state index contributed by atoms with van der Waals surface area (Å²) in [5, 5.41) is 0. The fourth-order valence-corrected chi connectivity index (χ4v) is 1.74. The van der Waals surface area contributed by atoms with Crippen LogP contribution < -0.4 is 5.56 Å². The highest BCUT2D eigenvalue weighted by molar-refractivity contribution is 5.79. The van der Waals surface area contributed by atoms with Gasteiger partial charge in [-0.2, -0.15) is 0 Å². The van der Waals surface area contributed by atoms with Gasteiger partial charge in [0.15, 0.2) is 0 Å². The van der Waals surface area contributed by atoms with Gasteiger partial charge in [-0.15, -0.1) is 0 Å². The van der Waals surface area contributed by atoms with Crippen molar-refractivity contribution in [1.29, 1.82) is 0 Å². The molecule has 2 aromatic heterocycles. The topological polar surface area (TPSA) is 34.4 Å². The van der Waals surface area contributed by atoms with Gasteiger partial charge in [0.05, 0.1) is 11.0 Å². The van der Waals surface area contributed by atoms with Crippen LogP contribution in [-0.2, 0) is 0 Å². The highest BCUT2D eigenvalue weighted by Gasteiger charge is 2.03. The van der Waals surface area contributed by atoms with Gasteiger partial charge in [0, 0.05) is 6.07 Å². The van der Waals surface area contributed by atoms with Crippen LogP contribution in [0.2, 0.25) is 0 Å². The second-order valence-corrected chi connectivity index (χ2v) is 3.35. The van der Waals surface area contributed by atoms with Gasteiger partial charge in [-0.25, -0.2) is 4.98 Å². The molecular formula is C12H8N2O. The lowest BCUT2D eigenvalue weighted by atomic mass is 10.3. The minimum absolute atomic E-state index is 0.0521. The smallest absolute Gasteiger partial charge is 0.256 e. The molecule has 0 aliphatic carbocycles. The summed E-state index contributed by atoms with van der Waals surface area (Å²) >= 11 is 0. The molecule has 3 heteroatoms. The number of nitrogens with zero attached hydrogens (tertiary/aromatic N) is 2. The zero-order chi connectivity index (χ0) is 10.3. The van der Waals surface area contributed by atoms with E-state index >= 15 is 0 Å². The summed E-state index contributed by atoms with van der Waals surface area (Å²) in [6.45, 7) is 0. The van der Waals surface area contributed by atoms with Crippen LogP contribution in [-0.4, -0.2) is 9.38 Å². The lowest BCUT2D eigenvalue weighted by Crippen LogP contribution is -2.06. The Hall–Kier alpha value is -2.16. The first kappa shape index (κ1) is 8.17. The van der Waals surface area contributed by atoms with Crippen molar-refractivity contribution in [2.75, 3.05) is 0 Å². The summed E-state index contributed by atoms with van der Waals surface area (Å²) in [6.07, 6.45) is 0. The largest absolute Gasteiger partial charge is 0.269 e. The zero-order valence-corrected chi connectivity index (χ0v) is 7.92. The molecular weight excluding hydrogens is 188 g/mol. The second-order valence-electron chi connectivity index (χ2n) is 3.35. The molecule has 1 aromatic carbocycles. The Labute approximate surface area is 85.6 Å². The number of rotatable bonds is 0. The molecule has 2 heterocycles. The number of fused-ring (bicyclic) bond motifs is 3. The molecule has 3 rings (SSSR count). The van der Waals surface area contributed by atoms with Crippen molar-refractivity contribution in [3.8, 4) is 0 Å². The predicted octanol–water partition coefficient (Wildman–Crippen LogP) is 1.85. The normalized spacial score (nSPS) is 10.9. The van der Waals surface area contributed by atoms with Crippen LogP contribution in [0.3, 0.4) is 0 Å². The molecule has 0 saturated heterocycles. The molecule has 0 aliphatic heterocycles. The van der Waals surface area contributed by atoms with E-state index < -0.39 is 0 Å². The van der Waals surface area contributed by atoms with Crippen molar-refractivity contribution in [2.45, 2.75) is 0 Å². The van der Waals surface area contributed by atoms with E-state index in [2.05, 4.69) is 4.98 Å². The van der Waals surface area contributed by atoms with Gasteiger partial charge in [-0.1, -0.05) is 24.3 Å². The van der Waals surface area contributed by atoms with E-state index in [1.807, 2.05) is 36.4 Å². The van der Waals surface area contributed by atoms with Crippen molar-refractivity contribution < 1.29 is 0 Å². The molecule has 3 aromatic rings. The Bertz CT molecular complexity index is 700. The van der Waals surface area contributed by atoms with E-state index in [0.717, 1.165) is 11.0 Å². The summed E-state index contributed by atoms with van der Waals surface area (Å²) in [6, 6.07) is 14.6. The molecule has 72 valence electrons. The SMILES string of the molecule is O=c1ccccc2nc3ccccc3n12. The second kappa shape index (κ2) is 2.92. The van der Waals surface area contributed by atoms with Gasteiger partial charge in [-0.05, 0) is 18.2 Å². The fraction of sp³-hybridized carbons (Fsp3) is 0. The van der Waals surface area contributed by atoms with Gasteiger partial charge < -0.3 is 0 Å². The Morgan fingerprint density at radius 3 is 2.60 bits per heavy atom. The summed E-state index contributed by atoms with van der Waals surface area (Å²) in [4.78, 5) is 16.2. The third-order valence-corrected chi connectivity index (χ3v) is 2.40. The first-order chi connectivity index (χ1) is 7.36. The summed E-state index contributed by atoms with van der Waals surface area (Å²) in [7, 11) is 0. The monoisotopic (exact) mass is 196 g/mol. The van der Waals surface area contributed by atoms with Crippen LogP contribution in [0.5, 0.6) is 0 Å². The molecule has 0 bridgehead atoms. The Morgan fingerprint density at radius 2 is 1.67 bits per heavy atom. The Morgan fingerprint density at radius 1 is 0.933 bits per heavy atom. The number of hydrogen-bond acceptors (Lipinski definition) is 2. The van der Waals surface area contributed by atoms with Gasteiger partial charge in [-0.3, -0.25) is 9.20 Å². The zero-order valence-electron chi connectivity index (χ0n) is 7.92. The number of imidazole rings is 1. The van der Waals surface area contributed by atoms with Gasteiger partial charge in [0.2, 0.25) is 0 Å². The Balaban J connectivity index is 2.72. The first-order valence-corrected chi connectivity index (χ1v) is 4.73. The number of para-hydroxylation sites is 2. The van der Waals surface area contributed by atoms with Crippen LogP contribution in [0, 0.1) is 0 Å². The van der Waals surface area contributed by atoms with Gasteiger partial charge in [0.25, 0.3) is 5.56 Å². The summed E-state index contributed by atoms with van der Waals surface area (Å²) in [5.74, 6) is 0. The van der Waals surface area contributed by atoms with Crippen LogP contribution in [0.4, 0.5) is 0 Å². The summed E-state index contributed by atoms with van der Waals surface area (Å²) in [5.41, 5.74) is 2.34. The lowest BCUT2D eigenvalue weighted by Gasteiger charge is -1.87. The van der Waals surface area contributed by atoms with Crippen molar-refractivity contribution in [1.82, 2.24) is 9.38 Å². The van der Waals surface area contributed by atoms with Gasteiger partial charge in [0.1, 0.15) is 5.65 Å². The van der Waals surface area contributed by atoms with Crippen molar-refractivity contribution in [3.05, 3.63) is 58.9 Å². The molecule has 0 amide bonds. The highest BCUT2D eigenvalue weighted by Crippen LogP contribution is 2.12. The molecule has 0 aliphatic rings. The molecule has 15 heavy (non-hydrogen) atoms. The van der Waals surface area contributed by atoms with Crippen LogP contribution in [0.25, 0.3) is 16.7 Å². The minimum atomic E-state index is -0.0521. The van der Waals surface area contributed by atoms with Crippen LogP contribution in [0.15, 0.2) is 53.3 Å². The lowest BCUT2D eigenvalue weighted by molar-refractivity contribution is 1.17. The molecule has 0 saturated carbocycles. The first-order valence-electron chi connectivity index (χ1n) is 4.73. The molecule has 0 fully saturated rings. The molecule has 0 spiro atoms. The predicted molar refractivity (Wildman–Crippen MR) is 59.0 cm³/mol. The van der Waals surface area contributed by atoms with E-state index in [1.54, 1.807) is 16.5 Å². The van der Waals surface area contributed by atoms with Crippen molar-refractivity contribution in [2.24, 2.45) is 0 Å². The standard InChI is InChI=1S/C12H8N2O/c15-12-8-4-3-7-11-13-9-5-1-2-6-10(9)14(11)12/h1-8H. The van der Waals surface area contributed by atoms with Crippen LogP contribution in [0.1, 0.15) is 0 Å². The summed E-state index contributed by atoms with van der Waals surface area (Å²) < 4.78 is 1.62. The van der Waals surface area contributed by atoms with E-state index in [9.17, 15) is 4.79 Å². The van der Waals surface area contributed by atoms with Crippen molar-refractivity contribution >= 4 is 16.7 Å². The number of benzene rings is 1. The van der Waals surface area contributed by atoms with E-state index in [1.165, 1.54) is 0 Å². The third kappa shape index (κ3) is 1.13. The maximum absolute atomic E-state index is 11.8. The fourth-order valence-electron chi connectivity index (χ4n) is 1.74. The molecule has 0 atom stereocenters. The molecule has 0 radical (unpaired) electrons. The molecule has 3 nitrogen and oxygen atoms in total. The highest BCUT2D eigenvalue weighted by atomic mass is 16.1. The minimum Gasteiger partial charge on any atom is -0.269 e. The van der Waals surface area contributed by atoms with Crippen LogP contribution >= 0.6 is 0 Å². The average molecular weight is 196 g/mol. The van der Waals surface area contributed by atoms with E-state index in [0.29, 0.717) is 5.65 Å². The number of aromatic nitrogens is 2. The van der Waals surface area contributed by atoms with E-state index in [-0.39, 0.29) is 5.56 Å². The number of hydrogen-bond donors (Lipinski definition) is 0. The Kier molecular flexibility index (Phi) is 1.59. The average Bonchev–Trinajstić information content (AvgIpc) is 2.53.